The zero-order valence-electron chi connectivity index (χ0n) is 21.9. The first-order valence-corrected chi connectivity index (χ1v) is 13.3. The minimum Gasteiger partial charge on any atom is -0.480 e. The summed E-state index contributed by atoms with van der Waals surface area (Å²) in [6, 6.07) is -0.547. The highest BCUT2D eigenvalue weighted by molar-refractivity contribution is 5.80. The van der Waals surface area contributed by atoms with E-state index in [9.17, 15) is 14.4 Å². The van der Waals surface area contributed by atoms with Gasteiger partial charge in [0.15, 0.2) is 0 Å². The molecular formula is C25H47N5O5. The monoisotopic (exact) mass is 497 g/mol. The van der Waals surface area contributed by atoms with Crippen molar-refractivity contribution < 1.29 is 24.2 Å². The number of likely N-dealkylation sites (N-methyl/N-ethyl adjacent to an activating group) is 1. The summed E-state index contributed by atoms with van der Waals surface area (Å²) in [5.41, 5.74) is 6.78. The smallest absolute Gasteiger partial charge is 0.407 e. The first-order chi connectivity index (χ1) is 16.9. The molecule has 1 amide bonds. The Morgan fingerprint density at radius 1 is 1.03 bits per heavy atom. The van der Waals surface area contributed by atoms with Gasteiger partial charge in [-0.2, -0.15) is 0 Å². The van der Waals surface area contributed by atoms with E-state index in [2.05, 4.69) is 35.4 Å². The number of unbranched alkanes of at least 4 members (excludes halogenated alkanes) is 3. The molecule has 1 aliphatic heterocycles. The summed E-state index contributed by atoms with van der Waals surface area (Å²) in [5, 5.41) is 16.6. The van der Waals surface area contributed by atoms with Crippen molar-refractivity contribution in [1.29, 1.82) is 0 Å². The fraction of sp³-hybridized carbons (Fsp3) is 0.800. The first-order valence-electron chi connectivity index (χ1n) is 13.3. The van der Waals surface area contributed by atoms with Gasteiger partial charge in [0.1, 0.15) is 18.4 Å². The second kappa shape index (κ2) is 18.9. The van der Waals surface area contributed by atoms with E-state index in [0.717, 1.165) is 57.2 Å². The highest BCUT2D eigenvalue weighted by Crippen LogP contribution is 2.18. The zero-order chi connectivity index (χ0) is 25.9. The maximum absolute atomic E-state index is 12.4. The molecule has 1 aliphatic rings. The van der Waals surface area contributed by atoms with Crippen molar-refractivity contribution in [3.8, 4) is 0 Å². The summed E-state index contributed by atoms with van der Waals surface area (Å²) in [7, 11) is 0. The summed E-state index contributed by atoms with van der Waals surface area (Å²) < 4.78 is 5.22. The second-order valence-electron chi connectivity index (χ2n) is 9.08. The van der Waals surface area contributed by atoms with Crippen LogP contribution in [0.4, 0.5) is 4.79 Å². The van der Waals surface area contributed by atoms with Crippen molar-refractivity contribution in [2.45, 2.75) is 97.4 Å². The van der Waals surface area contributed by atoms with Gasteiger partial charge >= 0.3 is 12.1 Å². The molecule has 0 saturated heterocycles. The summed E-state index contributed by atoms with van der Waals surface area (Å²) in [5.74, 6) is -0.188. The Labute approximate surface area is 210 Å². The van der Waals surface area contributed by atoms with Gasteiger partial charge < -0.3 is 25.9 Å². The number of carboxylic acid groups (broad SMARTS) is 1. The number of nitrogens with one attached hydrogen (secondary N) is 4. The molecule has 0 spiro atoms. The molecule has 1 heterocycles. The van der Waals surface area contributed by atoms with Crippen molar-refractivity contribution in [2.24, 2.45) is 5.92 Å². The third-order valence-corrected chi connectivity index (χ3v) is 6.02. The van der Waals surface area contributed by atoms with Gasteiger partial charge in [-0.1, -0.05) is 40.0 Å². The van der Waals surface area contributed by atoms with E-state index in [-0.39, 0.29) is 12.5 Å². The molecule has 0 aromatic rings. The Balaban J connectivity index is 2.12. The number of nitrogens with zero attached hydrogens (tertiary/aromatic N) is 1. The van der Waals surface area contributed by atoms with E-state index >= 15 is 0 Å². The lowest BCUT2D eigenvalue weighted by molar-refractivity contribution is -0.139. The van der Waals surface area contributed by atoms with Crippen molar-refractivity contribution >= 4 is 17.8 Å². The second-order valence-corrected chi connectivity index (χ2v) is 9.08. The number of hydrogen-bond acceptors (Lipinski definition) is 8. The van der Waals surface area contributed by atoms with Crippen molar-refractivity contribution in [3.63, 3.8) is 0 Å². The average molecular weight is 498 g/mol. The molecule has 0 aliphatic carbocycles. The van der Waals surface area contributed by atoms with Crippen LogP contribution in [0.3, 0.4) is 0 Å². The molecule has 10 heteroatoms. The maximum Gasteiger partial charge on any atom is 0.407 e. The first kappa shape index (κ1) is 30.7. The zero-order valence-corrected chi connectivity index (χ0v) is 21.9. The van der Waals surface area contributed by atoms with Crippen LogP contribution < -0.4 is 21.6 Å². The fourth-order valence-electron chi connectivity index (χ4n) is 4.13. The standard InChI is InChI=1S/C25H47N5O5/c1-4-12-20(13-5-2)23(31)15-8-7-11-17-30-18-21(28-29-30)19-35-25(34)27-16-10-9-14-22(24(32)33)26-6-3/h18,20,22,26,28-29H,4-17,19H2,1-3H3,(H,27,34)(H,32,33)/t22-/m0/s1. The number of hydrogen-bond donors (Lipinski definition) is 5. The predicted molar refractivity (Wildman–Crippen MR) is 136 cm³/mol. The van der Waals surface area contributed by atoms with Crippen LogP contribution in [-0.4, -0.2) is 60.2 Å². The van der Waals surface area contributed by atoms with E-state index in [0.29, 0.717) is 44.6 Å². The van der Waals surface area contributed by atoms with Crippen LogP contribution in [0.5, 0.6) is 0 Å². The number of aliphatic carboxylic acids is 1. The summed E-state index contributed by atoms with van der Waals surface area (Å²) in [6.07, 6.45) is 11.0. The van der Waals surface area contributed by atoms with Gasteiger partial charge in [-0.15, -0.1) is 5.53 Å². The molecule has 202 valence electrons. The molecule has 0 unspecified atom stereocenters. The van der Waals surface area contributed by atoms with Gasteiger partial charge in [-0.05, 0) is 51.5 Å². The van der Waals surface area contributed by atoms with Crippen LogP contribution >= 0.6 is 0 Å². The minimum absolute atomic E-state index is 0.127. The number of carbonyl (C=O) groups excluding carboxylic acids is 2. The van der Waals surface area contributed by atoms with Crippen LogP contribution in [0.15, 0.2) is 11.9 Å². The molecular weight excluding hydrogens is 450 g/mol. The number of carbonyl (C=O) groups is 3. The topological polar surface area (TPSA) is 132 Å². The molecule has 0 aromatic heterocycles. The number of rotatable bonds is 21. The highest BCUT2D eigenvalue weighted by atomic mass is 16.5. The van der Waals surface area contributed by atoms with Gasteiger partial charge in [0.2, 0.25) is 0 Å². The Kier molecular flexibility index (Phi) is 16.6. The number of ether oxygens (including phenoxy) is 1. The SMILES string of the molecule is CCCC(CCC)C(=O)CCCCCN1C=C(COC(=O)NCCCC[C@H](NCC)C(=O)O)NN1. The van der Waals surface area contributed by atoms with E-state index in [4.69, 9.17) is 9.84 Å². The lowest BCUT2D eigenvalue weighted by Gasteiger charge is -2.15. The molecule has 0 saturated carbocycles. The number of alkyl carbamates (subject to hydrolysis) is 1. The normalized spacial score (nSPS) is 13.9. The Bertz CT molecular complexity index is 652. The van der Waals surface area contributed by atoms with Crippen LogP contribution in [-0.2, 0) is 14.3 Å². The molecule has 0 fully saturated rings. The highest BCUT2D eigenvalue weighted by Gasteiger charge is 2.17. The number of Topliss-reactive ketones (excluding diaryl/α,β-unsaturated/α-hetero) is 1. The molecule has 0 bridgehead atoms. The average Bonchev–Trinajstić information content (AvgIpc) is 3.29. The number of ketones is 1. The lowest BCUT2D eigenvalue weighted by atomic mass is 9.91. The van der Waals surface area contributed by atoms with Gasteiger partial charge in [0, 0.05) is 31.6 Å². The Morgan fingerprint density at radius 3 is 2.43 bits per heavy atom. The molecule has 1 atom stereocenters. The van der Waals surface area contributed by atoms with E-state index < -0.39 is 18.1 Å². The van der Waals surface area contributed by atoms with Crippen LogP contribution in [0.25, 0.3) is 0 Å². The number of amides is 1. The summed E-state index contributed by atoms with van der Waals surface area (Å²) in [6.45, 7) is 8.13. The summed E-state index contributed by atoms with van der Waals surface area (Å²) in [4.78, 5) is 35.3. The van der Waals surface area contributed by atoms with Crippen LogP contribution in [0.1, 0.15) is 91.4 Å². The molecule has 5 N–H and O–H groups in total. The third-order valence-electron chi connectivity index (χ3n) is 6.02. The molecule has 0 radical (unpaired) electrons. The van der Waals surface area contributed by atoms with Crippen molar-refractivity contribution in [1.82, 2.24) is 26.6 Å². The minimum atomic E-state index is -0.850. The quantitative estimate of drug-likeness (QED) is 0.151. The largest absolute Gasteiger partial charge is 0.480 e. The van der Waals surface area contributed by atoms with Crippen molar-refractivity contribution in [3.05, 3.63) is 11.9 Å². The molecule has 0 aromatic carbocycles. The van der Waals surface area contributed by atoms with Gasteiger partial charge in [0.05, 0.1) is 5.70 Å². The van der Waals surface area contributed by atoms with Gasteiger partial charge in [-0.25, -0.2) is 4.79 Å². The molecule has 35 heavy (non-hydrogen) atoms. The lowest BCUT2D eigenvalue weighted by Crippen LogP contribution is -2.37. The number of hydrazine groups is 2. The summed E-state index contributed by atoms with van der Waals surface area (Å²) >= 11 is 0. The maximum atomic E-state index is 12.4. The van der Waals surface area contributed by atoms with Gasteiger partial charge in [0.25, 0.3) is 0 Å². The molecule has 1 rings (SSSR count). The third kappa shape index (κ3) is 14.0. The van der Waals surface area contributed by atoms with Crippen molar-refractivity contribution in [2.75, 3.05) is 26.2 Å². The van der Waals surface area contributed by atoms with Gasteiger partial charge in [-0.3, -0.25) is 14.6 Å². The Hall–Kier alpha value is -2.33. The Morgan fingerprint density at radius 2 is 1.77 bits per heavy atom. The van der Waals surface area contributed by atoms with Crippen LogP contribution in [0.2, 0.25) is 0 Å². The predicted octanol–water partition coefficient (Wildman–Crippen LogP) is 3.46. The number of carboxylic acids is 1. The van der Waals surface area contributed by atoms with Crippen LogP contribution in [0, 0.1) is 5.92 Å². The van der Waals surface area contributed by atoms with E-state index in [1.807, 2.05) is 18.1 Å². The molecule has 10 nitrogen and oxygen atoms in total. The fourth-order valence-corrected chi connectivity index (χ4v) is 4.13. The van der Waals surface area contributed by atoms with E-state index in [1.54, 1.807) is 0 Å². The van der Waals surface area contributed by atoms with E-state index in [1.165, 1.54) is 0 Å².